The second-order valence-electron chi connectivity index (χ2n) is 6.04. The fourth-order valence-corrected chi connectivity index (χ4v) is 2.26. The number of likely N-dealkylation sites (N-methyl/N-ethyl adjacent to an activating group) is 2. The van der Waals surface area contributed by atoms with Gasteiger partial charge < -0.3 is 19.9 Å². The molecule has 0 aliphatic heterocycles. The number of amides is 3. The number of hydrogen-bond donors (Lipinski definition) is 1. The maximum absolute atomic E-state index is 12.2. The highest BCUT2D eigenvalue weighted by atomic mass is 16.5. The van der Waals surface area contributed by atoms with Gasteiger partial charge in [0.05, 0.1) is 12.6 Å². The third-order valence-electron chi connectivity index (χ3n) is 3.82. The number of rotatable bonds is 9. The molecule has 1 N–H and O–H groups in total. The van der Waals surface area contributed by atoms with Gasteiger partial charge >= 0.3 is 0 Å². The van der Waals surface area contributed by atoms with Gasteiger partial charge in [0.15, 0.2) is 6.61 Å². The zero-order chi connectivity index (χ0) is 19.7. The fraction of sp³-hybridized carbons (Fsp3) is 0.421. The molecule has 0 saturated heterocycles. The molecule has 0 fully saturated rings. The molecule has 1 aromatic carbocycles. The van der Waals surface area contributed by atoms with Crippen molar-refractivity contribution in [1.29, 1.82) is 0 Å². The average Bonchev–Trinajstić information content (AvgIpc) is 2.63. The van der Waals surface area contributed by atoms with Gasteiger partial charge in [-0.15, -0.1) is 0 Å². The van der Waals surface area contributed by atoms with Crippen molar-refractivity contribution in [3.05, 3.63) is 42.5 Å². The van der Waals surface area contributed by atoms with Crippen LogP contribution in [0.5, 0.6) is 5.75 Å². The Morgan fingerprint density at radius 2 is 1.88 bits per heavy atom. The first-order valence-corrected chi connectivity index (χ1v) is 8.38. The maximum atomic E-state index is 12.2. The smallest absolute Gasteiger partial charge is 0.259 e. The Labute approximate surface area is 154 Å². The lowest BCUT2D eigenvalue weighted by Crippen LogP contribution is -2.39. The van der Waals surface area contributed by atoms with Gasteiger partial charge in [0.2, 0.25) is 11.8 Å². The van der Waals surface area contributed by atoms with Crippen LogP contribution < -0.4 is 10.1 Å². The summed E-state index contributed by atoms with van der Waals surface area (Å²) in [6.45, 7) is 5.19. The van der Waals surface area contributed by atoms with E-state index in [9.17, 15) is 14.4 Å². The largest absolute Gasteiger partial charge is 0.483 e. The van der Waals surface area contributed by atoms with Crippen molar-refractivity contribution >= 4 is 17.7 Å². The van der Waals surface area contributed by atoms with Gasteiger partial charge in [-0.3, -0.25) is 14.4 Å². The Kier molecular flexibility index (Phi) is 8.34. The van der Waals surface area contributed by atoms with Crippen molar-refractivity contribution in [2.24, 2.45) is 0 Å². The van der Waals surface area contributed by atoms with E-state index in [-0.39, 0.29) is 36.9 Å². The van der Waals surface area contributed by atoms with Gasteiger partial charge in [-0.05, 0) is 18.6 Å². The first-order chi connectivity index (χ1) is 12.3. The standard InChI is InChI=1S/C19H27N3O4/c1-6-15(20-17(23)12-22(5)18(24)7-2)14-10-8-9-11-16(14)26-13-19(25)21(3)4/h7-11,15H,2,6,12-13H2,1,3-5H3,(H,20,23). The number of carbonyl (C=O) groups is 3. The van der Waals surface area contributed by atoms with Gasteiger partial charge in [0.25, 0.3) is 5.91 Å². The molecule has 7 nitrogen and oxygen atoms in total. The third-order valence-corrected chi connectivity index (χ3v) is 3.82. The highest BCUT2D eigenvalue weighted by Crippen LogP contribution is 2.27. The average molecular weight is 361 g/mol. The summed E-state index contributed by atoms with van der Waals surface area (Å²) < 4.78 is 5.64. The molecule has 1 aromatic rings. The minimum absolute atomic E-state index is 0.0660. The summed E-state index contributed by atoms with van der Waals surface area (Å²) in [6.07, 6.45) is 1.79. The first-order valence-electron chi connectivity index (χ1n) is 8.38. The van der Waals surface area contributed by atoms with E-state index in [0.29, 0.717) is 12.2 Å². The van der Waals surface area contributed by atoms with E-state index in [1.807, 2.05) is 25.1 Å². The molecule has 7 heteroatoms. The molecule has 0 spiro atoms. The molecule has 26 heavy (non-hydrogen) atoms. The van der Waals surface area contributed by atoms with Crippen molar-refractivity contribution in [2.75, 3.05) is 34.3 Å². The van der Waals surface area contributed by atoms with Crippen LogP contribution in [0, 0.1) is 0 Å². The predicted octanol–water partition coefficient (Wildman–Crippen LogP) is 1.37. The van der Waals surface area contributed by atoms with E-state index >= 15 is 0 Å². The first kappa shape index (κ1) is 21.2. The van der Waals surface area contributed by atoms with Crippen LogP contribution in [-0.2, 0) is 14.4 Å². The van der Waals surface area contributed by atoms with Crippen LogP contribution in [0.4, 0.5) is 0 Å². The third kappa shape index (κ3) is 6.23. The Hall–Kier alpha value is -2.83. The van der Waals surface area contributed by atoms with Crippen molar-refractivity contribution in [2.45, 2.75) is 19.4 Å². The Morgan fingerprint density at radius 1 is 1.23 bits per heavy atom. The van der Waals surface area contributed by atoms with Gasteiger partial charge in [0.1, 0.15) is 5.75 Å². The normalized spacial score (nSPS) is 11.2. The number of para-hydroxylation sites is 1. The molecule has 0 aromatic heterocycles. The van der Waals surface area contributed by atoms with Crippen LogP contribution in [0.15, 0.2) is 36.9 Å². The summed E-state index contributed by atoms with van der Waals surface area (Å²) in [4.78, 5) is 38.2. The van der Waals surface area contributed by atoms with Crippen molar-refractivity contribution in [1.82, 2.24) is 15.1 Å². The molecule has 3 amide bonds. The lowest BCUT2D eigenvalue weighted by Gasteiger charge is -2.22. The van der Waals surface area contributed by atoms with E-state index in [1.165, 1.54) is 16.8 Å². The SMILES string of the molecule is C=CC(=O)N(C)CC(=O)NC(CC)c1ccccc1OCC(=O)N(C)C. The van der Waals surface area contributed by atoms with Gasteiger partial charge in [-0.1, -0.05) is 31.7 Å². The van der Waals surface area contributed by atoms with Crippen LogP contribution in [0.3, 0.4) is 0 Å². The number of hydrogen-bond acceptors (Lipinski definition) is 4. The monoisotopic (exact) mass is 361 g/mol. The summed E-state index contributed by atoms with van der Waals surface area (Å²) in [6, 6.07) is 6.98. The molecule has 0 aliphatic rings. The number of nitrogens with zero attached hydrogens (tertiary/aromatic N) is 2. The van der Waals surface area contributed by atoms with Crippen LogP contribution in [0.1, 0.15) is 24.9 Å². The summed E-state index contributed by atoms with van der Waals surface area (Å²) in [5, 5.41) is 2.90. The predicted molar refractivity (Wildman–Crippen MR) is 99.6 cm³/mol. The summed E-state index contributed by atoms with van der Waals surface area (Å²) in [5.41, 5.74) is 0.785. The Bertz CT molecular complexity index is 658. The number of nitrogens with one attached hydrogen (secondary N) is 1. The van der Waals surface area contributed by atoms with E-state index in [2.05, 4.69) is 11.9 Å². The number of ether oxygens (including phenoxy) is 1. The van der Waals surface area contributed by atoms with Crippen LogP contribution in [0.25, 0.3) is 0 Å². The highest BCUT2D eigenvalue weighted by molar-refractivity contribution is 5.90. The second-order valence-corrected chi connectivity index (χ2v) is 6.04. The van der Waals surface area contributed by atoms with Crippen LogP contribution >= 0.6 is 0 Å². The summed E-state index contributed by atoms with van der Waals surface area (Å²) >= 11 is 0. The minimum Gasteiger partial charge on any atom is -0.483 e. The number of carbonyl (C=O) groups excluding carboxylic acids is 3. The van der Waals surface area contributed by atoms with Crippen molar-refractivity contribution in [3.63, 3.8) is 0 Å². The lowest BCUT2D eigenvalue weighted by atomic mass is 10.0. The van der Waals surface area contributed by atoms with Gasteiger partial charge in [0, 0.05) is 26.7 Å². The molecular formula is C19H27N3O4. The number of benzene rings is 1. The van der Waals surface area contributed by atoms with Gasteiger partial charge in [-0.25, -0.2) is 0 Å². The minimum atomic E-state index is -0.320. The maximum Gasteiger partial charge on any atom is 0.259 e. The molecule has 142 valence electrons. The molecule has 0 bridgehead atoms. The Balaban J connectivity index is 2.83. The zero-order valence-electron chi connectivity index (χ0n) is 15.8. The highest BCUT2D eigenvalue weighted by Gasteiger charge is 2.19. The Morgan fingerprint density at radius 3 is 2.46 bits per heavy atom. The van der Waals surface area contributed by atoms with Crippen molar-refractivity contribution < 1.29 is 19.1 Å². The molecule has 1 rings (SSSR count). The summed E-state index contributed by atoms with van der Waals surface area (Å²) in [7, 11) is 4.86. The second kappa shape index (κ2) is 10.2. The lowest BCUT2D eigenvalue weighted by molar-refractivity contribution is -0.131. The van der Waals surface area contributed by atoms with Crippen LogP contribution in [0.2, 0.25) is 0 Å². The molecule has 0 radical (unpaired) electrons. The summed E-state index contributed by atoms with van der Waals surface area (Å²) in [5.74, 6) is -0.209. The van der Waals surface area contributed by atoms with E-state index < -0.39 is 0 Å². The molecule has 0 heterocycles. The molecule has 1 unspecified atom stereocenters. The van der Waals surface area contributed by atoms with Crippen molar-refractivity contribution in [3.8, 4) is 5.75 Å². The molecule has 0 saturated carbocycles. The van der Waals surface area contributed by atoms with Crippen LogP contribution in [-0.4, -0.2) is 61.8 Å². The van der Waals surface area contributed by atoms with Gasteiger partial charge in [-0.2, -0.15) is 0 Å². The van der Waals surface area contributed by atoms with E-state index in [1.54, 1.807) is 20.2 Å². The quantitative estimate of drug-likeness (QED) is 0.674. The van der Waals surface area contributed by atoms with E-state index in [0.717, 1.165) is 11.6 Å². The fourth-order valence-electron chi connectivity index (χ4n) is 2.26. The molecule has 1 atom stereocenters. The van der Waals surface area contributed by atoms with E-state index in [4.69, 9.17) is 4.74 Å². The zero-order valence-corrected chi connectivity index (χ0v) is 15.8. The molecule has 0 aliphatic carbocycles. The molecular weight excluding hydrogens is 334 g/mol. The topological polar surface area (TPSA) is 79.0 Å².